The predicted molar refractivity (Wildman–Crippen MR) is 119 cm³/mol. The Morgan fingerprint density at radius 1 is 0.600 bits per heavy atom. The topological polar surface area (TPSA) is 0 Å². The molecule has 148 valence electrons. The van der Waals surface area contributed by atoms with Crippen LogP contribution in [0.5, 0.6) is 0 Å². The van der Waals surface area contributed by atoms with Gasteiger partial charge in [-0.05, 0) is 19.4 Å². The maximum atomic E-state index is 12.2. The molecular formula is C23H45BF-. The first kappa shape index (κ1) is 26.4. The van der Waals surface area contributed by atoms with Gasteiger partial charge in [0.05, 0.1) is 0 Å². The summed E-state index contributed by atoms with van der Waals surface area (Å²) < 4.78 is 12.2. The molecule has 1 aromatic carbocycles. The van der Waals surface area contributed by atoms with Gasteiger partial charge in [-0.2, -0.15) is 6.82 Å². The second-order valence-electron chi connectivity index (χ2n) is 7.12. The summed E-state index contributed by atoms with van der Waals surface area (Å²) in [6.45, 7) is 11.2. The normalized spacial score (nSPS) is 9.68. The lowest BCUT2D eigenvalue weighted by Gasteiger charge is -1.98. The van der Waals surface area contributed by atoms with Crippen molar-refractivity contribution in [1.82, 2.24) is 0 Å². The lowest BCUT2D eigenvalue weighted by molar-refractivity contribution is 0.624. The standard InChI is InChI=1S/2C8H18.C7H9BF/c2*1-3-5-7-8-6-4-2;1-8-6-2-4-7(9)5-3-6/h2*3-8H2,1-2H3;2-5H,8H2,1H3/q;;-1. The van der Waals surface area contributed by atoms with Crippen molar-refractivity contribution in [3.63, 3.8) is 0 Å². The summed E-state index contributed by atoms with van der Waals surface area (Å²) in [7, 11) is 0.0150. The van der Waals surface area contributed by atoms with E-state index in [4.69, 9.17) is 0 Å². The molecule has 0 bridgehead atoms. The molecular weight excluding hydrogens is 306 g/mol. The summed E-state index contributed by atoms with van der Waals surface area (Å²) in [4.78, 5) is 0. The molecule has 0 N–H and O–H groups in total. The molecule has 25 heavy (non-hydrogen) atoms. The van der Waals surface area contributed by atoms with Crippen LogP contribution in [-0.2, 0) is 0 Å². The van der Waals surface area contributed by atoms with Crippen LogP contribution in [0, 0.1) is 5.82 Å². The van der Waals surface area contributed by atoms with Gasteiger partial charge in [0.15, 0.2) is 0 Å². The van der Waals surface area contributed by atoms with Gasteiger partial charge in [0.25, 0.3) is 0 Å². The van der Waals surface area contributed by atoms with Crippen molar-refractivity contribution < 1.29 is 4.39 Å². The molecule has 0 heterocycles. The van der Waals surface area contributed by atoms with Crippen molar-refractivity contribution >= 4 is 12.7 Å². The van der Waals surface area contributed by atoms with Gasteiger partial charge < -0.3 is 0 Å². The van der Waals surface area contributed by atoms with E-state index in [0.717, 1.165) is 0 Å². The first-order chi connectivity index (χ1) is 12.2. The largest absolute Gasteiger partial charge is 0.217 e. The second kappa shape index (κ2) is 23.2. The van der Waals surface area contributed by atoms with E-state index in [9.17, 15) is 4.39 Å². The van der Waals surface area contributed by atoms with E-state index in [0.29, 0.717) is 0 Å². The molecule has 0 aromatic heterocycles. The molecule has 0 amide bonds. The van der Waals surface area contributed by atoms with Crippen LogP contribution >= 0.6 is 0 Å². The van der Waals surface area contributed by atoms with Crippen molar-refractivity contribution in [2.45, 2.75) is 112 Å². The average molecular weight is 351 g/mol. The van der Waals surface area contributed by atoms with E-state index in [1.54, 1.807) is 0 Å². The van der Waals surface area contributed by atoms with Crippen LogP contribution in [0.3, 0.4) is 0 Å². The van der Waals surface area contributed by atoms with Crippen LogP contribution < -0.4 is 5.46 Å². The maximum Gasteiger partial charge on any atom is 0.122 e. The number of hydrogen-bond donors (Lipinski definition) is 0. The van der Waals surface area contributed by atoms with Gasteiger partial charge in [-0.25, -0.2) is 9.85 Å². The van der Waals surface area contributed by atoms with Crippen LogP contribution in [0.2, 0.25) is 6.82 Å². The first-order valence-electron chi connectivity index (χ1n) is 11.3. The highest BCUT2D eigenvalue weighted by Gasteiger charge is 1.84. The molecule has 1 rings (SSSR count). The maximum absolute atomic E-state index is 12.2. The summed E-state index contributed by atoms with van der Waals surface area (Å²) in [5.41, 5.74) is 1.30. The smallest absolute Gasteiger partial charge is 0.122 e. The molecule has 0 aliphatic rings. The zero-order valence-electron chi connectivity index (χ0n) is 18.2. The number of halogens is 1. The van der Waals surface area contributed by atoms with Crippen molar-refractivity contribution in [1.29, 1.82) is 0 Å². The number of unbranched alkanes of at least 4 members (excludes halogenated alkanes) is 10. The third kappa shape index (κ3) is 23.2. The van der Waals surface area contributed by atoms with Crippen molar-refractivity contribution in [3.05, 3.63) is 30.1 Å². The molecule has 0 aliphatic heterocycles. The van der Waals surface area contributed by atoms with E-state index >= 15 is 0 Å². The van der Waals surface area contributed by atoms with Crippen LogP contribution in [0.1, 0.15) is 105 Å². The van der Waals surface area contributed by atoms with E-state index < -0.39 is 0 Å². The van der Waals surface area contributed by atoms with Crippen LogP contribution in [0.15, 0.2) is 24.3 Å². The molecule has 1 aromatic rings. The summed E-state index contributed by atoms with van der Waals surface area (Å²) in [5, 5.41) is 0. The Balaban J connectivity index is 0. The van der Waals surface area contributed by atoms with Crippen molar-refractivity contribution in [2.24, 2.45) is 0 Å². The Hall–Kier alpha value is -0.785. The van der Waals surface area contributed by atoms with Crippen molar-refractivity contribution in [3.8, 4) is 0 Å². The van der Waals surface area contributed by atoms with E-state index in [1.807, 2.05) is 12.1 Å². The second-order valence-corrected chi connectivity index (χ2v) is 7.12. The Bertz CT molecular complexity index is 310. The van der Waals surface area contributed by atoms with Gasteiger partial charge in [0.2, 0.25) is 0 Å². The fraction of sp³-hybridized carbons (Fsp3) is 0.739. The molecule has 2 heteroatoms. The zero-order valence-corrected chi connectivity index (χ0v) is 18.2. The van der Waals surface area contributed by atoms with E-state index in [-0.39, 0.29) is 13.1 Å². The summed E-state index contributed by atoms with van der Waals surface area (Å²) in [6.07, 6.45) is 17.0. The molecule has 0 aliphatic carbocycles. The zero-order chi connectivity index (χ0) is 19.2. The van der Waals surface area contributed by atoms with Gasteiger partial charge in [0.1, 0.15) is 5.82 Å². The molecule has 0 saturated carbocycles. The predicted octanol–water partition coefficient (Wildman–Crippen LogP) is 7.40. The summed E-state index contributed by atoms with van der Waals surface area (Å²) in [6, 6.07) is 6.75. The molecule has 0 fully saturated rings. The molecule has 0 unspecified atom stereocenters. The van der Waals surface area contributed by atoms with Crippen LogP contribution in [0.4, 0.5) is 4.39 Å². The van der Waals surface area contributed by atoms with Gasteiger partial charge >= 0.3 is 0 Å². The number of rotatable bonds is 11. The Kier molecular flexibility index (Phi) is 24.6. The van der Waals surface area contributed by atoms with Gasteiger partial charge in [0, 0.05) is 0 Å². The fourth-order valence-corrected chi connectivity index (χ4v) is 2.57. The summed E-state index contributed by atoms with van der Waals surface area (Å²) >= 11 is 0. The lowest BCUT2D eigenvalue weighted by atomic mass is 9.73. The quantitative estimate of drug-likeness (QED) is 0.288. The summed E-state index contributed by atoms with van der Waals surface area (Å²) in [5.74, 6) is -0.140. The van der Waals surface area contributed by atoms with E-state index in [1.165, 1.54) is 94.6 Å². The van der Waals surface area contributed by atoms with Crippen LogP contribution in [-0.4, -0.2) is 7.28 Å². The van der Waals surface area contributed by atoms with Crippen LogP contribution in [0.25, 0.3) is 0 Å². The highest BCUT2D eigenvalue weighted by atomic mass is 19.1. The van der Waals surface area contributed by atoms with Gasteiger partial charge in [-0.1, -0.05) is 117 Å². The average Bonchev–Trinajstić information content (AvgIpc) is 2.64. The molecule has 0 spiro atoms. The van der Waals surface area contributed by atoms with Crippen molar-refractivity contribution in [2.75, 3.05) is 0 Å². The highest BCUT2D eigenvalue weighted by molar-refractivity contribution is 6.51. The monoisotopic (exact) mass is 351 g/mol. The molecule has 0 nitrogen and oxygen atoms in total. The fourth-order valence-electron chi connectivity index (χ4n) is 2.57. The molecule has 0 saturated heterocycles. The van der Waals surface area contributed by atoms with Gasteiger partial charge in [-0.3, -0.25) is 0 Å². The third-order valence-corrected chi connectivity index (χ3v) is 4.50. The molecule has 0 radical (unpaired) electrons. The van der Waals surface area contributed by atoms with E-state index in [2.05, 4.69) is 34.5 Å². The SMILES string of the molecule is CCCCCCCC.CCCCCCCC.C[BH2-]c1ccc(F)cc1. The minimum atomic E-state index is -0.140. The Labute approximate surface area is 159 Å². The van der Waals surface area contributed by atoms with Gasteiger partial charge in [-0.15, -0.1) is 0 Å². The Morgan fingerprint density at radius 2 is 0.920 bits per heavy atom. The third-order valence-electron chi connectivity index (χ3n) is 4.50. The first-order valence-corrected chi connectivity index (χ1v) is 11.3. The minimum Gasteiger partial charge on any atom is -0.217 e. The minimum absolute atomic E-state index is 0.0150. The number of benzene rings is 1. The highest BCUT2D eigenvalue weighted by Crippen LogP contribution is 2.04. The molecule has 0 atom stereocenters. The Morgan fingerprint density at radius 3 is 1.16 bits per heavy atom. The number of hydrogen-bond acceptors (Lipinski definition) is 0. The lowest BCUT2D eigenvalue weighted by Crippen LogP contribution is -2.08.